The summed E-state index contributed by atoms with van der Waals surface area (Å²) in [4.78, 5) is 16.6. The first-order valence-corrected chi connectivity index (χ1v) is 9.15. The predicted octanol–water partition coefficient (Wildman–Crippen LogP) is 4.22. The van der Waals surface area contributed by atoms with Gasteiger partial charge in [0.15, 0.2) is 15.8 Å². The summed E-state index contributed by atoms with van der Waals surface area (Å²) in [5.41, 5.74) is 2.20. The van der Waals surface area contributed by atoms with Crippen molar-refractivity contribution in [3.63, 3.8) is 0 Å². The van der Waals surface area contributed by atoms with E-state index in [1.807, 2.05) is 43.3 Å². The van der Waals surface area contributed by atoms with Crippen LogP contribution in [0.25, 0.3) is 6.08 Å². The van der Waals surface area contributed by atoms with E-state index in [1.165, 1.54) is 28.8 Å². The molecule has 0 aromatic heterocycles. The number of hydrogen-bond donors (Lipinski definition) is 2. The molecular weight excluding hydrogens is 392 g/mol. The molecule has 1 heterocycles. The van der Waals surface area contributed by atoms with Crippen LogP contribution in [0.5, 0.6) is 11.5 Å². The van der Waals surface area contributed by atoms with Crippen molar-refractivity contribution in [2.75, 3.05) is 23.9 Å². The number of thiocarbonyl (C=S) groups is 1. The van der Waals surface area contributed by atoms with Gasteiger partial charge in [-0.15, -0.1) is 0 Å². The zero-order chi connectivity index (χ0) is 19.0. The Morgan fingerprint density at radius 2 is 1.85 bits per heavy atom. The Bertz CT molecular complexity index is 904. The number of phenols is 2. The van der Waals surface area contributed by atoms with Crippen LogP contribution in [-0.4, -0.2) is 34.5 Å². The molecule has 0 spiro atoms. The number of rotatable bonds is 3. The molecule has 0 unspecified atom stereocenters. The van der Waals surface area contributed by atoms with Crippen molar-refractivity contribution in [2.45, 2.75) is 0 Å². The summed E-state index contributed by atoms with van der Waals surface area (Å²) >= 11 is 12.4. The van der Waals surface area contributed by atoms with E-state index in [0.29, 0.717) is 20.5 Å². The highest BCUT2D eigenvalue weighted by molar-refractivity contribution is 8.27. The Balaban J connectivity index is 1.91. The molecule has 0 aliphatic carbocycles. The topological polar surface area (TPSA) is 64.0 Å². The molecule has 0 bridgehead atoms. The fourth-order valence-electron chi connectivity index (χ4n) is 2.43. The monoisotopic (exact) mass is 406 g/mol. The molecule has 2 N–H and O–H groups in total. The fourth-order valence-corrected chi connectivity index (χ4v) is 3.95. The third-order valence-electron chi connectivity index (χ3n) is 3.78. The largest absolute Gasteiger partial charge is 0.504 e. The van der Waals surface area contributed by atoms with E-state index in [2.05, 4.69) is 0 Å². The highest BCUT2D eigenvalue weighted by Crippen LogP contribution is 2.39. The van der Waals surface area contributed by atoms with Gasteiger partial charge in [-0.1, -0.05) is 35.6 Å². The summed E-state index contributed by atoms with van der Waals surface area (Å²) in [6.45, 7) is 0. The summed E-state index contributed by atoms with van der Waals surface area (Å²) in [5.74, 6) is -0.989. The van der Waals surface area contributed by atoms with Crippen molar-refractivity contribution in [3.8, 4) is 11.5 Å². The number of aromatic hydroxyl groups is 2. The maximum absolute atomic E-state index is 12.8. The quantitative estimate of drug-likeness (QED) is 0.452. The number of phenolic OH excluding ortho intramolecular Hbond substituents is 2. The van der Waals surface area contributed by atoms with E-state index >= 15 is 0 Å². The van der Waals surface area contributed by atoms with Crippen molar-refractivity contribution in [3.05, 3.63) is 51.9 Å². The lowest BCUT2D eigenvalue weighted by Crippen LogP contribution is -2.27. The molecule has 26 heavy (non-hydrogen) atoms. The smallest absolute Gasteiger partial charge is 0.270 e. The first kappa shape index (κ1) is 18.6. The molecule has 2 aromatic rings. The molecule has 8 heteroatoms. The average Bonchev–Trinajstić information content (AvgIpc) is 2.86. The molecule has 0 radical (unpaired) electrons. The summed E-state index contributed by atoms with van der Waals surface area (Å²) in [6, 6.07) is 10.3. The highest BCUT2D eigenvalue weighted by atomic mass is 35.5. The Morgan fingerprint density at radius 1 is 1.19 bits per heavy atom. The van der Waals surface area contributed by atoms with E-state index in [-0.39, 0.29) is 16.7 Å². The van der Waals surface area contributed by atoms with Crippen molar-refractivity contribution in [1.29, 1.82) is 0 Å². The maximum atomic E-state index is 12.8. The van der Waals surface area contributed by atoms with Gasteiger partial charge >= 0.3 is 0 Å². The second-order valence-electron chi connectivity index (χ2n) is 5.80. The molecule has 1 fully saturated rings. The third kappa shape index (κ3) is 3.51. The minimum absolute atomic E-state index is 0.00556. The van der Waals surface area contributed by atoms with E-state index in [0.717, 1.165) is 5.69 Å². The molecule has 1 amide bonds. The average molecular weight is 407 g/mol. The molecule has 5 nitrogen and oxygen atoms in total. The Labute approximate surface area is 165 Å². The molecule has 1 aliphatic rings. The van der Waals surface area contributed by atoms with Gasteiger partial charge in [0.2, 0.25) is 0 Å². The summed E-state index contributed by atoms with van der Waals surface area (Å²) in [6.07, 6.45) is 1.58. The van der Waals surface area contributed by atoms with Crippen LogP contribution in [0, 0.1) is 0 Å². The van der Waals surface area contributed by atoms with Crippen LogP contribution in [0.3, 0.4) is 0 Å². The number of amides is 1. The van der Waals surface area contributed by atoms with Crippen molar-refractivity contribution in [1.82, 2.24) is 0 Å². The lowest BCUT2D eigenvalue weighted by molar-refractivity contribution is -0.113. The minimum Gasteiger partial charge on any atom is -0.504 e. The second kappa shape index (κ2) is 7.19. The van der Waals surface area contributed by atoms with Gasteiger partial charge in [0, 0.05) is 19.8 Å². The molecular formula is C18H15ClN2O3S2. The lowest BCUT2D eigenvalue weighted by atomic mass is 10.2. The number of thioether (sulfide) groups is 1. The van der Waals surface area contributed by atoms with Crippen molar-refractivity contribution < 1.29 is 15.0 Å². The van der Waals surface area contributed by atoms with Crippen LogP contribution in [0.15, 0.2) is 41.3 Å². The summed E-state index contributed by atoms with van der Waals surface area (Å²) in [5, 5.41) is 19.2. The van der Waals surface area contributed by atoms with Gasteiger partial charge < -0.3 is 15.1 Å². The number of halogens is 1. The van der Waals surface area contributed by atoms with E-state index < -0.39 is 5.75 Å². The minimum atomic E-state index is -0.391. The van der Waals surface area contributed by atoms with Crippen LogP contribution in [0.2, 0.25) is 5.02 Å². The molecule has 1 saturated heterocycles. The van der Waals surface area contributed by atoms with Crippen LogP contribution < -0.4 is 9.80 Å². The number of nitrogens with zero attached hydrogens (tertiary/aromatic N) is 2. The maximum Gasteiger partial charge on any atom is 0.270 e. The third-order valence-corrected chi connectivity index (χ3v) is 5.37. The Morgan fingerprint density at radius 3 is 2.42 bits per heavy atom. The van der Waals surface area contributed by atoms with Gasteiger partial charge in [0.05, 0.1) is 15.6 Å². The number of benzene rings is 2. The lowest BCUT2D eigenvalue weighted by Gasteiger charge is -2.17. The SMILES string of the molecule is CN(C)c1ccc(N2C(=O)/C(=C\c3cc(O)c(O)c(Cl)c3)SC2=S)cc1. The molecule has 1 aliphatic heterocycles. The van der Waals surface area contributed by atoms with Gasteiger partial charge in [-0.3, -0.25) is 9.69 Å². The van der Waals surface area contributed by atoms with E-state index in [1.54, 1.807) is 6.08 Å². The second-order valence-corrected chi connectivity index (χ2v) is 7.88. The van der Waals surface area contributed by atoms with Gasteiger partial charge in [-0.2, -0.15) is 0 Å². The van der Waals surface area contributed by atoms with E-state index in [9.17, 15) is 15.0 Å². The van der Waals surface area contributed by atoms with Crippen LogP contribution in [0.4, 0.5) is 11.4 Å². The van der Waals surface area contributed by atoms with Gasteiger partial charge in [-0.25, -0.2) is 0 Å². The fraction of sp³-hybridized carbons (Fsp3) is 0.111. The Hall–Kier alpha value is -2.22. The highest BCUT2D eigenvalue weighted by Gasteiger charge is 2.33. The first-order chi connectivity index (χ1) is 12.3. The molecule has 2 aromatic carbocycles. The predicted molar refractivity (Wildman–Crippen MR) is 111 cm³/mol. The zero-order valence-electron chi connectivity index (χ0n) is 13.9. The summed E-state index contributed by atoms with van der Waals surface area (Å²) < 4.78 is 0.424. The van der Waals surface area contributed by atoms with Gasteiger partial charge in [0.25, 0.3) is 5.91 Å². The number of carbonyl (C=O) groups excluding carboxylic acids is 1. The summed E-state index contributed by atoms with van der Waals surface area (Å²) in [7, 11) is 3.88. The number of hydrogen-bond acceptors (Lipinski definition) is 6. The van der Waals surface area contributed by atoms with Gasteiger partial charge in [-0.05, 0) is 48.0 Å². The molecule has 134 valence electrons. The molecule has 0 saturated carbocycles. The van der Waals surface area contributed by atoms with Crippen molar-refractivity contribution in [2.24, 2.45) is 0 Å². The van der Waals surface area contributed by atoms with E-state index in [4.69, 9.17) is 23.8 Å². The van der Waals surface area contributed by atoms with Crippen molar-refractivity contribution >= 4 is 63.3 Å². The number of carbonyl (C=O) groups is 1. The standard InChI is InChI=1S/C18H15ClN2O3S2/c1-20(2)11-3-5-12(6-4-11)21-17(24)15(26-18(21)25)9-10-7-13(19)16(23)14(22)8-10/h3-9,22-23H,1-2H3/b15-9+. The molecule has 0 atom stereocenters. The van der Waals surface area contributed by atoms with Crippen LogP contribution in [-0.2, 0) is 4.79 Å². The molecule has 3 rings (SSSR count). The number of anilines is 2. The van der Waals surface area contributed by atoms with Crippen LogP contribution >= 0.6 is 35.6 Å². The van der Waals surface area contributed by atoms with Crippen LogP contribution in [0.1, 0.15) is 5.56 Å². The first-order valence-electron chi connectivity index (χ1n) is 7.54. The normalized spacial score (nSPS) is 15.8. The Kier molecular flexibility index (Phi) is 5.13. The zero-order valence-corrected chi connectivity index (χ0v) is 16.3. The van der Waals surface area contributed by atoms with Gasteiger partial charge in [0.1, 0.15) is 0 Å².